The molecule has 0 fully saturated rings. The predicted molar refractivity (Wildman–Crippen MR) is 55.9 cm³/mol. The molecule has 0 N–H and O–H groups in total. The van der Waals surface area contributed by atoms with Gasteiger partial charge >= 0.3 is 6.18 Å². The maximum absolute atomic E-state index is 11.9. The zero-order valence-electron chi connectivity index (χ0n) is 6.94. The van der Waals surface area contributed by atoms with E-state index < -0.39 is 18.0 Å². The Morgan fingerprint density at radius 3 is 2.57 bits per heavy atom. The number of thiophene rings is 1. The van der Waals surface area contributed by atoms with Crippen molar-refractivity contribution in [3.63, 3.8) is 0 Å². The molecule has 1 aromatic rings. The molecule has 0 aliphatic rings. The monoisotopic (exact) mass is 306 g/mol. The van der Waals surface area contributed by atoms with Crippen molar-refractivity contribution in [2.75, 3.05) is 0 Å². The highest BCUT2D eigenvalue weighted by Gasteiger charge is 2.28. The molecule has 80 valence electrons. The molecule has 1 aromatic heterocycles. The smallest absolute Gasteiger partial charge is 0.171 e. The van der Waals surface area contributed by atoms with E-state index in [1.54, 1.807) is 11.4 Å². The van der Waals surface area contributed by atoms with E-state index in [9.17, 15) is 13.2 Å². The lowest BCUT2D eigenvalue weighted by atomic mass is 10.2. The van der Waals surface area contributed by atoms with Crippen LogP contribution in [-0.4, -0.2) is 6.18 Å². The summed E-state index contributed by atoms with van der Waals surface area (Å²) < 4.78 is 36.5. The topological polar surface area (TPSA) is 0 Å². The summed E-state index contributed by atoms with van der Waals surface area (Å²) in [4.78, 5) is 0.760. The van der Waals surface area contributed by atoms with Crippen molar-refractivity contribution in [1.82, 2.24) is 0 Å². The largest absolute Gasteiger partial charge is 0.389 e. The molecule has 0 bridgehead atoms. The maximum atomic E-state index is 11.9. The summed E-state index contributed by atoms with van der Waals surface area (Å²) in [7, 11) is 0. The van der Waals surface area contributed by atoms with Crippen molar-refractivity contribution in [3.05, 3.63) is 20.8 Å². The average Bonchev–Trinajstić information content (AvgIpc) is 2.46. The SMILES string of the molecule is FC(F)(F)CCC(Cl)c1sccc1Br. The van der Waals surface area contributed by atoms with E-state index in [1.807, 2.05) is 0 Å². The van der Waals surface area contributed by atoms with Crippen LogP contribution in [0, 0.1) is 0 Å². The second kappa shape index (κ2) is 4.86. The Balaban J connectivity index is 2.51. The minimum Gasteiger partial charge on any atom is -0.171 e. The highest BCUT2D eigenvalue weighted by atomic mass is 79.9. The molecule has 6 heteroatoms. The minimum atomic E-state index is -4.13. The molecule has 0 aliphatic carbocycles. The van der Waals surface area contributed by atoms with Crippen LogP contribution in [0.1, 0.15) is 23.1 Å². The van der Waals surface area contributed by atoms with Gasteiger partial charge in [0.1, 0.15) is 0 Å². The van der Waals surface area contributed by atoms with E-state index in [0.29, 0.717) is 0 Å². The predicted octanol–water partition coefficient (Wildman–Crippen LogP) is 5.13. The third-order valence-corrected chi connectivity index (χ3v) is 4.16. The van der Waals surface area contributed by atoms with Crippen molar-refractivity contribution in [3.8, 4) is 0 Å². The third kappa shape index (κ3) is 3.79. The summed E-state index contributed by atoms with van der Waals surface area (Å²) in [5, 5.41) is 1.23. The highest BCUT2D eigenvalue weighted by molar-refractivity contribution is 9.10. The van der Waals surface area contributed by atoms with Gasteiger partial charge in [0.2, 0.25) is 0 Å². The van der Waals surface area contributed by atoms with Crippen LogP contribution in [0.3, 0.4) is 0 Å². The zero-order valence-corrected chi connectivity index (χ0v) is 10.1. The van der Waals surface area contributed by atoms with Gasteiger partial charge in [-0.2, -0.15) is 13.2 Å². The molecule has 0 aliphatic heterocycles. The Morgan fingerprint density at radius 1 is 1.50 bits per heavy atom. The van der Waals surface area contributed by atoms with Crippen LogP contribution in [0.15, 0.2) is 15.9 Å². The van der Waals surface area contributed by atoms with E-state index >= 15 is 0 Å². The zero-order chi connectivity index (χ0) is 10.8. The molecule has 1 heterocycles. The summed E-state index contributed by atoms with van der Waals surface area (Å²) in [5.74, 6) is 0. The second-order valence-electron chi connectivity index (χ2n) is 2.75. The molecule has 0 radical (unpaired) electrons. The van der Waals surface area contributed by atoms with Gasteiger partial charge in [0, 0.05) is 15.8 Å². The van der Waals surface area contributed by atoms with Gasteiger partial charge in [0.05, 0.1) is 5.38 Å². The maximum Gasteiger partial charge on any atom is 0.389 e. The normalized spacial score (nSPS) is 14.4. The number of halogens is 5. The Labute approximate surface area is 97.2 Å². The van der Waals surface area contributed by atoms with Gasteiger partial charge in [-0.25, -0.2) is 0 Å². The molecular formula is C8H7BrClF3S. The third-order valence-electron chi connectivity index (χ3n) is 1.61. The summed E-state index contributed by atoms with van der Waals surface area (Å²) in [5.41, 5.74) is 0. The van der Waals surface area contributed by atoms with Gasteiger partial charge in [-0.15, -0.1) is 22.9 Å². The molecule has 0 saturated heterocycles. The lowest BCUT2D eigenvalue weighted by molar-refractivity contribution is -0.135. The fourth-order valence-corrected chi connectivity index (χ4v) is 3.12. The number of hydrogen-bond acceptors (Lipinski definition) is 1. The fourth-order valence-electron chi connectivity index (χ4n) is 0.950. The van der Waals surface area contributed by atoms with Gasteiger partial charge in [0.25, 0.3) is 0 Å². The van der Waals surface area contributed by atoms with Gasteiger partial charge in [0.15, 0.2) is 0 Å². The summed E-state index contributed by atoms with van der Waals surface area (Å²) in [6.45, 7) is 0. The Bertz CT molecular complexity index is 297. The first-order chi connectivity index (χ1) is 6.40. The van der Waals surface area contributed by atoms with Crippen LogP contribution in [0.5, 0.6) is 0 Å². The molecular weight excluding hydrogens is 301 g/mol. The first-order valence-electron chi connectivity index (χ1n) is 3.84. The molecule has 0 nitrogen and oxygen atoms in total. The lowest BCUT2D eigenvalue weighted by Crippen LogP contribution is -2.07. The van der Waals surface area contributed by atoms with Gasteiger partial charge < -0.3 is 0 Å². The van der Waals surface area contributed by atoms with Crippen molar-refractivity contribution in [2.24, 2.45) is 0 Å². The molecule has 14 heavy (non-hydrogen) atoms. The van der Waals surface area contributed by atoms with Crippen LogP contribution in [-0.2, 0) is 0 Å². The standard InChI is InChI=1S/C8H7BrClF3S/c9-5-2-4-14-7(5)6(10)1-3-8(11,12)13/h2,4,6H,1,3H2. The summed E-state index contributed by atoms with van der Waals surface area (Å²) >= 11 is 10.4. The molecule has 0 spiro atoms. The van der Waals surface area contributed by atoms with Crippen molar-refractivity contribution in [2.45, 2.75) is 24.4 Å². The number of hydrogen-bond donors (Lipinski definition) is 0. The molecule has 1 atom stereocenters. The van der Waals surface area contributed by atoms with Gasteiger partial charge in [-0.1, -0.05) is 0 Å². The van der Waals surface area contributed by atoms with E-state index in [1.165, 1.54) is 11.3 Å². The van der Waals surface area contributed by atoms with Crippen LogP contribution >= 0.6 is 38.9 Å². The van der Waals surface area contributed by atoms with E-state index in [4.69, 9.17) is 11.6 Å². The van der Waals surface area contributed by atoms with Crippen LogP contribution in [0.2, 0.25) is 0 Å². The lowest BCUT2D eigenvalue weighted by Gasteiger charge is -2.10. The van der Waals surface area contributed by atoms with Gasteiger partial charge in [-0.3, -0.25) is 0 Å². The van der Waals surface area contributed by atoms with Gasteiger partial charge in [-0.05, 0) is 33.8 Å². The number of rotatable bonds is 3. The Kier molecular flexibility index (Phi) is 4.28. The van der Waals surface area contributed by atoms with Crippen molar-refractivity contribution >= 4 is 38.9 Å². The first kappa shape index (κ1) is 12.3. The van der Waals surface area contributed by atoms with Crippen LogP contribution < -0.4 is 0 Å². The average molecular weight is 308 g/mol. The molecule has 1 unspecified atom stereocenters. The number of alkyl halides is 4. The molecule has 0 amide bonds. The Hall–Kier alpha value is 0.260. The van der Waals surface area contributed by atoms with E-state index in [0.717, 1.165) is 9.35 Å². The van der Waals surface area contributed by atoms with Crippen LogP contribution in [0.4, 0.5) is 13.2 Å². The quantitative estimate of drug-likeness (QED) is 0.679. The molecule has 1 rings (SSSR count). The van der Waals surface area contributed by atoms with E-state index in [-0.39, 0.29) is 6.42 Å². The fraction of sp³-hybridized carbons (Fsp3) is 0.500. The first-order valence-corrected chi connectivity index (χ1v) is 5.95. The summed E-state index contributed by atoms with van der Waals surface area (Å²) in [6.07, 6.45) is -5.05. The summed E-state index contributed by atoms with van der Waals surface area (Å²) in [6, 6.07) is 1.78. The highest BCUT2D eigenvalue weighted by Crippen LogP contribution is 2.37. The van der Waals surface area contributed by atoms with E-state index in [2.05, 4.69) is 15.9 Å². The van der Waals surface area contributed by atoms with Crippen molar-refractivity contribution in [1.29, 1.82) is 0 Å². The minimum absolute atomic E-state index is 0.0792. The van der Waals surface area contributed by atoms with Crippen molar-refractivity contribution < 1.29 is 13.2 Å². The molecule has 0 saturated carbocycles. The Morgan fingerprint density at radius 2 is 2.14 bits per heavy atom. The molecule has 0 aromatic carbocycles. The van der Waals surface area contributed by atoms with Crippen LogP contribution in [0.25, 0.3) is 0 Å². The second-order valence-corrected chi connectivity index (χ2v) is 5.08.